The Labute approximate surface area is 98.5 Å². The Morgan fingerprint density at radius 3 is 2.76 bits per heavy atom. The number of hydrogen-bond donors (Lipinski definition) is 1. The van der Waals surface area contributed by atoms with Crippen molar-refractivity contribution in [2.45, 2.75) is 24.8 Å². The number of carbonyl (C=O) groups excluding carboxylic acids is 1. The first kappa shape index (κ1) is 11.8. The number of aliphatic hydroxyl groups excluding tert-OH is 1. The molecule has 1 aromatic rings. The second-order valence-corrected chi connectivity index (χ2v) is 3.94. The predicted molar refractivity (Wildman–Crippen MR) is 60.9 cm³/mol. The van der Waals surface area contributed by atoms with E-state index in [9.17, 15) is 14.3 Å². The van der Waals surface area contributed by atoms with Crippen molar-refractivity contribution in [2.24, 2.45) is 0 Å². The third-order valence-electron chi connectivity index (χ3n) is 2.60. The lowest BCUT2D eigenvalue weighted by Crippen LogP contribution is -2.42. The zero-order chi connectivity index (χ0) is 12.3. The summed E-state index contributed by atoms with van der Waals surface area (Å²) < 4.78 is 18.4. The highest BCUT2D eigenvalue weighted by molar-refractivity contribution is 5.71. The second kappa shape index (κ2) is 5.10. The predicted octanol–water partition coefficient (Wildman–Crippen LogP) is 1.71. The molecule has 1 aromatic carbocycles. The van der Waals surface area contributed by atoms with Crippen molar-refractivity contribution in [1.82, 2.24) is 0 Å². The summed E-state index contributed by atoms with van der Waals surface area (Å²) in [6.07, 6.45) is -1.000. The number of aliphatic hydroxyl groups is 1. The van der Waals surface area contributed by atoms with Gasteiger partial charge in [-0.2, -0.15) is 0 Å². The molecule has 1 fully saturated rings. The quantitative estimate of drug-likeness (QED) is 0.795. The molecule has 0 amide bonds. The molecule has 3 nitrogen and oxygen atoms in total. The lowest BCUT2D eigenvalue weighted by molar-refractivity contribution is -0.164. The van der Waals surface area contributed by atoms with Crippen LogP contribution in [0.2, 0.25) is 0 Å². The van der Waals surface area contributed by atoms with Crippen LogP contribution in [0.25, 0.3) is 6.08 Å². The van der Waals surface area contributed by atoms with Crippen LogP contribution in [-0.4, -0.2) is 29.5 Å². The zero-order valence-electron chi connectivity index (χ0n) is 9.12. The fourth-order valence-electron chi connectivity index (χ4n) is 1.68. The molecule has 2 rings (SSSR count). The van der Waals surface area contributed by atoms with Crippen LogP contribution in [0.15, 0.2) is 36.4 Å². The minimum atomic E-state index is -1.56. The minimum absolute atomic E-state index is 0.281. The summed E-state index contributed by atoms with van der Waals surface area (Å²) in [6.45, 7) is 0. The van der Waals surface area contributed by atoms with Gasteiger partial charge in [0.15, 0.2) is 12.3 Å². The van der Waals surface area contributed by atoms with E-state index in [-0.39, 0.29) is 6.42 Å². The summed E-state index contributed by atoms with van der Waals surface area (Å²) in [5, 5.41) is 9.31. The third-order valence-corrected chi connectivity index (χ3v) is 2.60. The lowest BCUT2D eigenvalue weighted by atomic mass is 10.0. The molecule has 1 aliphatic rings. The molecule has 1 heterocycles. The summed E-state index contributed by atoms with van der Waals surface area (Å²) in [5.41, 5.74) is 0.885. The maximum atomic E-state index is 13.5. The molecule has 4 heteroatoms. The Kier molecular flexibility index (Phi) is 3.54. The average Bonchev–Trinajstić information content (AvgIpc) is 2.33. The summed E-state index contributed by atoms with van der Waals surface area (Å²) in [7, 11) is 0. The van der Waals surface area contributed by atoms with E-state index in [1.165, 1.54) is 6.08 Å². The molecular formula is C13H13FO3. The van der Waals surface area contributed by atoms with E-state index in [1.54, 1.807) is 6.08 Å². The van der Waals surface area contributed by atoms with E-state index in [0.29, 0.717) is 0 Å². The molecule has 0 aromatic heterocycles. The smallest absolute Gasteiger partial charge is 0.309 e. The number of carbonyl (C=O) groups is 1. The lowest BCUT2D eigenvalue weighted by Gasteiger charge is -2.27. The van der Waals surface area contributed by atoms with Crippen LogP contribution in [0.4, 0.5) is 4.39 Å². The van der Waals surface area contributed by atoms with Crippen molar-refractivity contribution in [1.29, 1.82) is 0 Å². The van der Waals surface area contributed by atoms with Gasteiger partial charge in [-0.05, 0) is 11.6 Å². The van der Waals surface area contributed by atoms with Gasteiger partial charge in [-0.3, -0.25) is 4.79 Å². The van der Waals surface area contributed by atoms with Crippen LogP contribution >= 0.6 is 0 Å². The number of halogens is 1. The Bertz CT molecular complexity index is 416. The van der Waals surface area contributed by atoms with Crippen LogP contribution in [-0.2, 0) is 9.53 Å². The van der Waals surface area contributed by atoms with E-state index >= 15 is 0 Å². The van der Waals surface area contributed by atoms with Crippen LogP contribution < -0.4 is 0 Å². The third kappa shape index (κ3) is 2.91. The van der Waals surface area contributed by atoms with Gasteiger partial charge in [-0.1, -0.05) is 36.4 Å². The maximum absolute atomic E-state index is 13.5. The first-order valence-corrected chi connectivity index (χ1v) is 5.41. The summed E-state index contributed by atoms with van der Waals surface area (Å²) in [6, 6.07) is 9.29. The second-order valence-electron chi connectivity index (χ2n) is 3.94. The molecule has 1 N–H and O–H groups in total. The molecule has 0 aliphatic carbocycles. The van der Waals surface area contributed by atoms with Crippen molar-refractivity contribution in [3.8, 4) is 0 Å². The highest BCUT2D eigenvalue weighted by Crippen LogP contribution is 2.20. The van der Waals surface area contributed by atoms with Gasteiger partial charge in [0, 0.05) is 0 Å². The molecule has 1 saturated heterocycles. The average molecular weight is 236 g/mol. The molecule has 90 valence electrons. The highest BCUT2D eigenvalue weighted by Gasteiger charge is 2.36. The van der Waals surface area contributed by atoms with Gasteiger partial charge < -0.3 is 9.84 Å². The highest BCUT2D eigenvalue weighted by atomic mass is 19.1. The Balaban J connectivity index is 2.07. The Morgan fingerprint density at radius 2 is 2.06 bits per heavy atom. The van der Waals surface area contributed by atoms with E-state index in [0.717, 1.165) is 5.56 Å². The normalized spacial score (nSPS) is 29.3. The number of rotatable bonds is 2. The molecule has 17 heavy (non-hydrogen) atoms. The molecular weight excluding hydrogens is 223 g/mol. The molecule has 0 radical (unpaired) electrons. The zero-order valence-corrected chi connectivity index (χ0v) is 9.12. The van der Waals surface area contributed by atoms with Gasteiger partial charge in [0.1, 0.15) is 0 Å². The van der Waals surface area contributed by atoms with Crippen molar-refractivity contribution >= 4 is 12.0 Å². The largest absolute Gasteiger partial charge is 0.455 e. The molecule has 1 aliphatic heterocycles. The van der Waals surface area contributed by atoms with E-state index < -0.39 is 24.3 Å². The number of alkyl halides is 1. The van der Waals surface area contributed by atoms with Crippen LogP contribution in [0.1, 0.15) is 12.0 Å². The van der Waals surface area contributed by atoms with Crippen LogP contribution in [0.5, 0.6) is 0 Å². The monoisotopic (exact) mass is 236 g/mol. The first-order chi connectivity index (χ1) is 8.16. The fourth-order valence-corrected chi connectivity index (χ4v) is 1.68. The van der Waals surface area contributed by atoms with Gasteiger partial charge >= 0.3 is 5.97 Å². The topological polar surface area (TPSA) is 46.5 Å². The number of cyclic esters (lactones) is 1. The van der Waals surface area contributed by atoms with Crippen molar-refractivity contribution in [3.05, 3.63) is 42.0 Å². The number of ether oxygens (including phenoxy) is 1. The number of hydrogen-bond acceptors (Lipinski definition) is 3. The molecule has 0 bridgehead atoms. The van der Waals surface area contributed by atoms with Gasteiger partial charge in [-0.25, -0.2) is 4.39 Å². The molecule has 3 unspecified atom stereocenters. The number of benzene rings is 1. The fraction of sp³-hybridized carbons (Fsp3) is 0.308. The summed E-state index contributed by atoms with van der Waals surface area (Å²) in [5.74, 6) is -0.575. The minimum Gasteiger partial charge on any atom is -0.455 e. The molecule has 3 atom stereocenters. The maximum Gasteiger partial charge on any atom is 0.309 e. The van der Waals surface area contributed by atoms with Crippen LogP contribution in [0, 0.1) is 0 Å². The molecule has 0 spiro atoms. The van der Waals surface area contributed by atoms with E-state index in [1.807, 2.05) is 30.3 Å². The van der Waals surface area contributed by atoms with Gasteiger partial charge in [0.2, 0.25) is 0 Å². The summed E-state index contributed by atoms with van der Waals surface area (Å²) in [4.78, 5) is 11.1. The van der Waals surface area contributed by atoms with Crippen LogP contribution in [0.3, 0.4) is 0 Å². The van der Waals surface area contributed by atoms with Crippen molar-refractivity contribution in [2.75, 3.05) is 0 Å². The summed E-state index contributed by atoms with van der Waals surface area (Å²) >= 11 is 0. The van der Waals surface area contributed by atoms with Crippen molar-refractivity contribution < 1.29 is 19.0 Å². The first-order valence-electron chi connectivity index (χ1n) is 5.41. The van der Waals surface area contributed by atoms with Crippen molar-refractivity contribution in [3.63, 3.8) is 0 Å². The standard InChI is InChI=1S/C13H13FO3/c14-13-10(15)8-12(16)17-11(13)7-6-9-4-2-1-3-5-9/h1-7,10-11,13,15H,8H2/b7-6+. The molecule has 0 saturated carbocycles. The van der Waals surface area contributed by atoms with E-state index in [4.69, 9.17) is 4.74 Å². The number of esters is 1. The Morgan fingerprint density at radius 1 is 1.35 bits per heavy atom. The van der Waals surface area contributed by atoms with Gasteiger partial charge in [-0.15, -0.1) is 0 Å². The van der Waals surface area contributed by atoms with E-state index in [2.05, 4.69) is 0 Å². The SMILES string of the molecule is O=C1CC(O)C(F)C(/C=C/c2ccccc2)O1. The van der Waals surface area contributed by atoms with Gasteiger partial charge in [0.25, 0.3) is 0 Å². The van der Waals surface area contributed by atoms with Gasteiger partial charge in [0.05, 0.1) is 12.5 Å². The Hall–Kier alpha value is -1.68.